The summed E-state index contributed by atoms with van der Waals surface area (Å²) in [6.07, 6.45) is 3.78. The van der Waals surface area contributed by atoms with Crippen LogP contribution in [-0.2, 0) is 9.59 Å². The lowest BCUT2D eigenvalue weighted by Gasteiger charge is -2.35. The van der Waals surface area contributed by atoms with Gasteiger partial charge in [-0.15, -0.1) is 0 Å². The zero-order chi connectivity index (χ0) is 17.1. The summed E-state index contributed by atoms with van der Waals surface area (Å²) in [5.41, 5.74) is 0.751. The first-order valence-corrected chi connectivity index (χ1v) is 8.88. The van der Waals surface area contributed by atoms with Crippen molar-refractivity contribution in [2.24, 2.45) is 11.8 Å². The fraction of sp³-hybridized carbons (Fsp3) is 0.579. The predicted molar refractivity (Wildman–Crippen MR) is 93.0 cm³/mol. The number of ether oxygens (including phenoxy) is 1. The van der Waals surface area contributed by atoms with Gasteiger partial charge in [-0.05, 0) is 30.4 Å². The smallest absolute Gasteiger partial charge is 0.265 e. The standard InChI is InChI=1S/C19H26N2O3/c1-13-6-5-7-15(14(13)2)20-18(22)10-11-21-16-8-3-4-9-17(16)24-12-19(21)23/h3-4,8-9,13-15H,5-7,10-12H2,1-2H3,(H,20,22)/t13-,14+,15+/m1/s1. The topological polar surface area (TPSA) is 58.6 Å². The Balaban J connectivity index is 1.57. The molecule has 5 heteroatoms. The van der Waals surface area contributed by atoms with E-state index in [1.54, 1.807) is 4.90 Å². The van der Waals surface area contributed by atoms with Crippen LogP contribution in [0.25, 0.3) is 0 Å². The van der Waals surface area contributed by atoms with E-state index in [0.29, 0.717) is 30.6 Å². The van der Waals surface area contributed by atoms with Crippen molar-refractivity contribution in [1.29, 1.82) is 0 Å². The van der Waals surface area contributed by atoms with Gasteiger partial charge >= 0.3 is 0 Å². The monoisotopic (exact) mass is 330 g/mol. The number of amides is 2. The first-order chi connectivity index (χ1) is 11.6. The molecule has 0 bridgehead atoms. The molecule has 2 amide bonds. The summed E-state index contributed by atoms with van der Waals surface area (Å²) < 4.78 is 5.43. The first kappa shape index (κ1) is 16.8. The predicted octanol–water partition coefficient (Wildman–Crippen LogP) is 2.74. The van der Waals surface area contributed by atoms with Crippen LogP contribution in [0, 0.1) is 11.8 Å². The molecule has 1 saturated carbocycles. The third-order valence-corrected chi connectivity index (χ3v) is 5.42. The highest BCUT2D eigenvalue weighted by atomic mass is 16.5. The summed E-state index contributed by atoms with van der Waals surface area (Å²) in [5, 5.41) is 3.17. The van der Waals surface area contributed by atoms with Crippen LogP contribution in [-0.4, -0.2) is 31.0 Å². The molecular weight excluding hydrogens is 304 g/mol. The fourth-order valence-electron chi connectivity index (χ4n) is 3.68. The normalized spacial score (nSPS) is 26.5. The Morgan fingerprint density at radius 3 is 2.92 bits per heavy atom. The van der Waals surface area contributed by atoms with Gasteiger partial charge < -0.3 is 15.0 Å². The van der Waals surface area contributed by atoms with Gasteiger partial charge in [0.15, 0.2) is 6.61 Å². The second-order valence-corrected chi connectivity index (χ2v) is 6.99. The summed E-state index contributed by atoms with van der Waals surface area (Å²) in [7, 11) is 0. The maximum Gasteiger partial charge on any atom is 0.265 e. The highest BCUT2D eigenvalue weighted by molar-refractivity contribution is 5.98. The largest absolute Gasteiger partial charge is 0.482 e. The van der Waals surface area contributed by atoms with E-state index in [4.69, 9.17) is 4.74 Å². The van der Waals surface area contributed by atoms with Gasteiger partial charge in [-0.1, -0.05) is 38.8 Å². The molecule has 1 aliphatic heterocycles. The van der Waals surface area contributed by atoms with E-state index in [9.17, 15) is 9.59 Å². The molecular formula is C19H26N2O3. The highest BCUT2D eigenvalue weighted by Crippen LogP contribution is 2.32. The number of fused-ring (bicyclic) bond motifs is 1. The van der Waals surface area contributed by atoms with Crippen molar-refractivity contribution in [2.45, 2.75) is 45.6 Å². The van der Waals surface area contributed by atoms with E-state index in [1.807, 2.05) is 24.3 Å². The van der Waals surface area contributed by atoms with Crippen LogP contribution in [0.15, 0.2) is 24.3 Å². The quantitative estimate of drug-likeness (QED) is 0.923. The van der Waals surface area contributed by atoms with Crippen molar-refractivity contribution in [1.82, 2.24) is 5.32 Å². The molecule has 3 atom stereocenters. The van der Waals surface area contributed by atoms with E-state index < -0.39 is 0 Å². The Morgan fingerprint density at radius 1 is 1.29 bits per heavy atom. The van der Waals surface area contributed by atoms with Gasteiger partial charge in [0.2, 0.25) is 5.91 Å². The highest BCUT2D eigenvalue weighted by Gasteiger charge is 2.29. The number of carbonyl (C=O) groups excluding carboxylic acids is 2. The molecule has 1 aromatic carbocycles. The molecule has 130 valence electrons. The van der Waals surface area contributed by atoms with Crippen molar-refractivity contribution in [3.05, 3.63) is 24.3 Å². The van der Waals surface area contributed by atoms with Crippen LogP contribution in [0.2, 0.25) is 0 Å². The van der Waals surface area contributed by atoms with Crippen LogP contribution in [0.1, 0.15) is 39.5 Å². The number of nitrogens with zero attached hydrogens (tertiary/aromatic N) is 1. The van der Waals surface area contributed by atoms with Crippen molar-refractivity contribution < 1.29 is 14.3 Å². The van der Waals surface area contributed by atoms with Gasteiger partial charge in [0.05, 0.1) is 5.69 Å². The molecule has 24 heavy (non-hydrogen) atoms. The molecule has 2 aliphatic rings. The minimum absolute atomic E-state index is 0.0257. The van der Waals surface area contributed by atoms with Gasteiger partial charge in [0.25, 0.3) is 5.91 Å². The van der Waals surface area contributed by atoms with Crippen LogP contribution in [0.5, 0.6) is 5.75 Å². The second-order valence-electron chi connectivity index (χ2n) is 6.99. The maximum atomic E-state index is 12.3. The minimum atomic E-state index is -0.0962. The summed E-state index contributed by atoms with van der Waals surface area (Å²) in [6, 6.07) is 7.72. The van der Waals surface area contributed by atoms with Gasteiger partial charge in [-0.2, -0.15) is 0 Å². The van der Waals surface area contributed by atoms with Crippen LogP contribution in [0.4, 0.5) is 5.69 Å². The molecule has 0 radical (unpaired) electrons. The lowest BCUT2D eigenvalue weighted by atomic mass is 9.78. The van der Waals surface area contributed by atoms with Gasteiger partial charge in [-0.3, -0.25) is 9.59 Å². The zero-order valence-corrected chi connectivity index (χ0v) is 14.5. The van der Waals surface area contributed by atoms with Crippen molar-refractivity contribution >= 4 is 17.5 Å². The summed E-state index contributed by atoms with van der Waals surface area (Å²) in [4.78, 5) is 26.1. The summed E-state index contributed by atoms with van der Waals surface area (Å²) in [5.74, 6) is 1.79. The number of para-hydroxylation sites is 2. The lowest BCUT2D eigenvalue weighted by Crippen LogP contribution is -2.45. The fourth-order valence-corrected chi connectivity index (χ4v) is 3.68. The summed E-state index contributed by atoms with van der Waals surface area (Å²) >= 11 is 0. The Kier molecular flexibility index (Phi) is 5.07. The Hall–Kier alpha value is -2.04. The molecule has 1 fully saturated rings. The minimum Gasteiger partial charge on any atom is -0.482 e. The third kappa shape index (κ3) is 3.55. The molecule has 0 unspecified atom stereocenters. The molecule has 1 aromatic rings. The molecule has 0 aromatic heterocycles. The average molecular weight is 330 g/mol. The van der Waals surface area contributed by atoms with Gasteiger partial charge in [0.1, 0.15) is 5.75 Å². The third-order valence-electron chi connectivity index (χ3n) is 5.42. The number of nitrogens with one attached hydrogen (secondary N) is 1. The van der Waals surface area contributed by atoms with Crippen LogP contribution >= 0.6 is 0 Å². The Bertz CT molecular complexity index is 616. The molecule has 0 saturated heterocycles. The number of hydrogen-bond donors (Lipinski definition) is 1. The second kappa shape index (κ2) is 7.24. The van der Waals surface area contributed by atoms with Crippen molar-refractivity contribution in [3.63, 3.8) is 0 Å². The SMILES string of the molecule is C[C@H]1[C@H](C)CCC[C@@H]1NC(=O)CCN1C(=O)COc2ccccc21. The van der Waals surface area contributed by atoms with E-state index in [0.717, 1.165) is 12.1 Å². The Morgan fingerprint density at radius 2 is 2.08 bits per heavy atom. The number of benzene rings is 1. The van der Waals surface area contributed by atoms with Crippen molar-refractivity contribution in [2.75, 3.05) is 18.1 Å². The van der Waals surface area contributed by atoms with E-state index >= 15 is 0 Å². The number of anilines is 1. The first-order valence-electron chi connectivity index (χ1n) is 8.88. The number of rotatable bonds is 4. The summed E-state index contributed by atoms with van der Waals surface area (Å²) in [6.45, 7) is 4.90. The molecule has 3 rings (SSSR count). The number of carbonyl (C=O) groups is 2. The van der Waals surface area contributed by atoms with Gasteiger partial charge in [-0.25, -0.2) is 0 Å². The lowest BCUT2D eigenvalue weighted by molar-refractivity contribution is -0.123. The molecule has 1 heterocycles. The van der Waals surface area contributed by atoms with Crippen LogP contribution < -0.4 is 15.0 Å². The van der Waals surface area contributed by atoms with E-state index in [1.165, 1.54) is 12.8 Å². The van der Waals surface area contributed by atoms with E-state index in [2.05, 4.69) is 19.2 Å². The number of hydrogen-bond acceptors (Lipinski definition) is 3. The maximum absolute atomic E-state index is 12.3. The van der Waals surface area contributed by atoms with Crippen LogP contribution in [0.3, 0.4) is 0 Å². The zero-order valence-electron chi connectivity index (χ0n) is 14.5. The molecule has 0 spiro atoms. The van der Waals surface area contributed by atoms with Gasteiger partial charge in [0, 0.05) is 19.0 Å². The average Bonchev–Trinajstić information content (AvgIpc) is 2.58. The molecule has 1 aliphatic carbocycles. The van der Waals surface area contributed by atoms with Crippen molar-refractivity contribution in [3.8, 4) is 5.75 Å². The Labute approximate surface area is 143 Å². The van der Waals surface area contributed by atoms with E-state index in [-0.39, 0.29) is 24.5 Å². The molecule has 1 N–H and O–H groups in total. The molecule has 5 nitrogen and oxygen atoms in total.